The molecule has 0 radical (unpaired) electrons. The third-order valence-electron chi connectivity index (χ3n) is 15.0. The van der Waals surface area contributed by atoms with Crippen molar-refractivity contribution < 1.29 is 64.6 Å². The minimum Gasteiger partial charge on any atom is -0.394 e. The molecule has 12 atom stereocenters. The Morgan fingerprint density at radius 3 is 1.29 bits per heavy atom. The Hall–Kier alpha value is -2.05. The molecule has 0 aromatic rings. The summed E-state index contributed by atoms with van der Waals surface area (Å²) in [7, 11) is 0. The molecular weight excluding hydrogens is 967 g/mol. The van der Waals surface area contributed by atoms with Gasteiger partial charge in [0.1, 0.15) is 48.8 Å². The number of hydrogen-bond acceptors (Lipinski definition) is 13. The Morgan fingerprint density at radius 2 is 0.842 bits per heavy atom. The fourth-order valence-electron chi connectivity index (χ4n) is 9.97. The van der Waals surface area contributed by atoms with E-state index in [-0.39, 0.29) is 18.9 Å². The van der Waals surface area contributed by atoms with Gasteiger partial charge in [0.15, 0.2) is 12.6 Å². The summed E-state index contributed by atoms with van der Waals surface area (Å²) in [5, 5.41) is 87.1. The molecule has 0 spiro atoms. The largest absolute Gasteiger partial charge is 0.394 e. The van der Waals surface area contributed by atoms with Crippen molar-refractivity contribution in [1.82, 2.24) is 5.32 Å². The second kappa shape index (κ2) is 47.7. The Bertz CT molecular complexity index is 1460. The zero-order valence-electron chi connectivity index (χ0n) is 47.7. The number of unbranched alkanes of at least 4 members (excludes halogenated alkanes) is 30. The fraction of sp³-hybridized carbons (Fsp3) is 0.855. The van der Waals surface area contributed by atoms with Gasteiger partial charge in [-0.3, -0.25) is 4.79 Å². The number of aliphatic hydroxyl groups is 8. The second-order valence-corrected chi connectivity index (χ2v) is 21.8. The summed E-state index contributed by atoms with van der Waals surface area (Å²) in [4.78, 5) is 13.2. The maximum Gasteiger partial charge on any atom is 0.220 e. The first kappa shape index (κ1) is 70.1. The third-order valence-corrected chi connectivity index (χ3v) is 15.0. The molecule has 444 valence electrons. The highest BCUT2D eigenvalue weighted by Gasteiger charge is 2.51. The van der Waals surface area contributed by atoms with Crippen LogP contribution in [0.3, 0.4) is 0 Å². The summed E-state index contributed by atoms with van der Waals surface area (Å²) in [5.41, 5.74) is 0. The summed E-state index contributed by atoms with van der Waals surface area (Å²) in [5.74, 6) is -0.261. The number of hydrogen-bond donors (Lipinski definition) is 9. The molecule has 9 N–H and O–H groups in total. The molecule has 0 aromatic carbocycles. The number of carbonyl (C=O) groups excluding carboxylic acids is 1. The van der Waals surface area contributed by atoms with Crippen molar-refractivity contribution in [2.45, 2.75) is 319 Å². The van der Waals surface area contributed by atoms with Gasteiger partial charge >= 0.3 is 0 Å². The van der Waals surface area contributed by atoms with E-state index in [0.717, 1.165) is 64.2 Å². The number of allylic oxidation sites excluding steroid dienone is 7. The molecular formula is C62H113NO13. The van der Waals surface area contributed by atoms with Gasteiger partial charge in [0, 0.05) is 6.42 Å². The molecule has 14 nitrogen and oxygen atoms in total. The van der Waals surface area contributed by atoms with Crippen LogP contribution in [-0.4, -0.2) is 140 Å². The van der Waals surface area contributed by atoms with Crippen molar-refractivity contribution >= 4 is 5.91 Å². The van der Waals surface area contributed by atoms with Crippen molar-refractivity contribution in [3.05, 3.63) is 48.6 Å². The number of rotatable bonds is 49. The van der Waals surface area contributed by atoms with Gasteiger partial charge in [0.2, 0.25) is 5.91 Å². The first-order chi connectivity index (χ1) is 37.1. The Labute approximate surface area is 461 Å². The molecule has 0 bridgehead atoms. The van der Waals surface area contributed by atoms with Gasteiger partial charge in [-0.1, -0.05) is 217 Å². The van der Waals surface area contributed by atoms with Gasteiger partial charge in [-0.05, 0) is 70.6 Å². The van der Waals surface area contributed by atoms with Gasteiger partial charge in [0.25, 0.3) is 0 Å². The highest BCUT2D eigenvalue weighted by molar-refractivity contribution is 5.76. The molecule has 1 amide bonds. The van der Waals surface area contributed by atoms with E-state index in [2.05, 4.69) is 55.6 Å². The van der Waals surface area contributed by atoms with Crippen molar-refractivity contribution in [1.29, 1.82) is 0 Å². The number of nitrogens with one attached hydrogen (secondary N) is 1. The van der Waals surface area contributed by atoms with E-state index in [1.54, 1.807) is 6.08 Å². The highest BCUT2D eigenvalue weighted by atomic mass is 16.7. The predicted octanol–water partition coefficient (Wildman–Crippen LogP) is 10.8. The van der Waals surface area contributed by atoms with E-state index in [1.165, 1.54) is 148 Å². The van der Waals surface area contributed by atoms with Crippen molar-refractivity contribution in [3.8, 4) is 0 Å². The zero-order chi connectivity index (χ0) is 55.3. The minimum atomic E-state index is -1.79. The second-order valence-electron chi connectivity index (χ2n) is 21.8. The van der Waals surface area contributed by atoms with E-state index in [0.29, 0.717) is 12.8 Å². The average Bonchev–Trinajstić information content (AvgIpc) is 3.42. The zero-order valence-corrected chi connectivity index (χ0v) is 47.7. The molecule has 0 saturated carbocycles. The van der Waals surface area contributed by atoms with E-state index in [9.17, 15) is 45.6 Å². The van der Waals surface area contributed by atoms with Crippen LogP contribution >= 0.6 is 0 Å². The van der Waals surface area contributed by atoms with Gasteiger partial charge in [-0.15, -0.1) is 0 Å². The first-order valence-electron chi connectivity index (χ1n) is 30.9. The average molecular weight is 1080 g/mol. The van der Waals surface area contributed by atoms with Crippen LogP contribution in [0.4, 0.5) is 0 Å². The molecule has 0 aromatic heterocycles. The van der Waals surface area contributed by atoms with Crippen LogP contribution < -0.4 is 5.32 Å². The predicted molar refractivity (Wildman–Crippen MR) is 304 cm³/mol. The van der Waals surface area contributed by atoms with Crippen molar-refractivity contribution in [3.63, 3.8) is 0 Å². The molecule has 12 unspecified atom stereocenters. The third kappa shape index (κ3) is 32.9. The molecule has 2 rings (SSSR count). The smallest absolute Gasteiger partial charge is 0.220 e. The lowest BCUT2D eigenvalue weighted by molar-refractivity contribution is -0.359. The molecule has 2 fully saturated rings. The summed E-state index contributed by atoms with van der Waals surface area (Å²) < 4.78 is 22.8. The lowest BCUT2D eigenvalue weighted by atomic mass is 9.97. The first-order valence-corrected chi connectivity index (χ1v) is 30.9. The van der Waals surface area contributed by atoms with Gasteiger partial charge in [-0.25, -0.2) is 0 Å². The van der Waals surface area contributed by atoms with E-state index in [1.807, 2.05) is 6.08 Å². The van der Waals surface area contributed by atoms with E-state index in [4.69, 9.17) is 18.9 Å². The van der Waals surface area contributed by atoms with E-state index < -0.39 is 86.8 Å². The number of carbonyl (C=O) groups is 1. The van der Waals surface area contributed by atoms with Gasteiger partial charge in [-0.2, -0.15) is 0 Å². The van der Waals surface area contributed by atoms with E-state index >= 15 is 0 Å². The minimum absolute atomic E-state index is 0.260. The Morgan fingerprint density at radius 1 is 0.461 bits per heavy atom. The molecule has 2 aliphatic rings. The summed E-state index contributed by atoms with van der Waals surface area (Å²) in [6, 6.07) is -0.943. The number of amides is 1. The van der Waals surface area contributed by atoms with Crippen LogP contribution in [0.15, 0.2) is 48.6 Å². The van der Waals surface area contributed by atoms with Crippen LogP contribution in [0.2, 0.25) is 0 Å². The van der Waals surface area contributed by atoms with Gasteiger partial charge in [0.05, 0.1) is 32.0 Å². The maximum absolute atomic E-state index is 13.2. The van der Waals surface area contributed by atoms with Crippen LogP contribution in [0.25, 0.3) is 0 Å². The van der Waals surface area contributed by atoms with Crippen molar-refractivity contribution in [2.75, 3.05) is 19.8 Å². The quantitative estimate of drug-likeness (QED) is 0.0204. The lowest BCUT2D eigenvalue weighted by Gasteiger charge is -2.46. The molecule has 2 saturated heterocycles. The molecule has 2 heterocycles. The van der Waals surface area contributed by atoms with Crippen LogP contribution in [-0.2, 0) is 23.7 Å². The molecule has 76 heavy (non-hydrogen) atoms. The Balaban J connectivity index is 1.77. The highest BCUT2D eigenvalue weighted by Crippen LogP contribution is 2.30. The summed E-state index contributed by atoms with van der Waals surface area (Å²) in [6.45, 7) is 2.78. The summed E-state index contributed by atoms with van der Waals surface area (Å²) in [6.07, 6.45) is 43.0. The molecule has 2 aliphatic heterocycles. The summed E-state index contributed by atoms with van der Waals surface area (Å²) >= 11 is 0. The topological polar surface area (TPSA) is 228 Å². The monoisotopic (exact) mass is 1080 g/mol. The number of aliphatic hydroxyl groups excluding tert-OH is 8. The number of ether oxygens (including phenoxy) is 4. The normalized spacial score (nSPS) is 25.2. The maximum atomic E-state index is 13.2. The lowest BCUT2D eigenvalue weighted by Crippen LogP contribution is -2.65. The molecule has 14 heteroatoms. The van der Waals surface area contributed by atoms with Crippen molar-refractivity contribution in [2.24, 2.45) is 0 Å². The molecule has 0 aliphatic carbocycles. The van der Waals surface area contributed by atoms with Gasteiger partial charge < -0.3 is 65.1 Å². The van der Waals surface area contributed by atoms with Crippen LogP contribution in [0.1, 0.15) is 245 Å². The SMILES string of the molecule is CCCCCCCCC/C=C\CCCCCCCC(=O)NC(COC1OC(CO)C(OC2OC(CO)C(O)C(O)C2O)C(O)C1O)C(O)/C=C/CC/C=C/CC/C=C/CCCCCCCCCCCCCCCCCC. The standard InChI is InChI=1S/C62H113NO13/c1-3-5-7-9-11-13-15-17-19-21-22-23-24-25-26-27-28-29-30-31-33-35-37-39-41-43-45-51(66)50(63-54(67)46-44-42-40-38-36-34-32-20-18-16-14-12-10-8-6-4-2)49-73-61-59(72)57(70)60(53(48-65)75-61)76-62-58(71)56(69)55(68)52(47-64)74-62/h20,29-30,32,35,37,43,45,50-53,55-62,64-66,68-72H,3-19,21-28,31,33-34,36,38-42,44,46-49H2,1-2H3,(H,63,67)/b30-29+,32-20-,37-35+,45-43+. The van der Waals surface area contributed by atoms with Crippen LogP contribution in [0, 0.1) is 0 Å². The van der Waals surface area contributed by atoms with Crippen LogP contribution in [0.5, 0.6) is 0 Å². The fourth-order valence-corrected chi connectivity index (χ4v) is 9.97. The Kier molecular flexibility index (Phi) is 44.0.